The van der Waals surface area contributed by atoms with Crippen molar-refractivity contribution in [3.63, 3.8) is 0 Å². The summed E-state index contributed by atoms with van der Waals surface area (Å²) >= 11 is 0. The molecule has 0 unspecified atom stereocenters. The van der Waals surface area contributed by atoms with Gasteiger partial charge in [0.2, 0.25) is 0 Å². The van der Waals surface area contributed by atoms with Gasteiger partial charge in [-0.15, -0.1) is 0 Å². The Morgan fingerprint density at radius 3 is 2.11 bits per heavy atom. The maximum absolute atomic E-state index is 2.27. The van der Waals surface area contributed by atoms with Crippen LogP contribution in [-0.2, 0) is 0 Å². The molecule has 0 bridgehead atoms. The van der Waals surface area contributed by atoms with Crippen LogP contribution in [0.4, 0.5) is 0 Å². The van der Waals surface area contributed by atoms with Crippen molar-refractivity contribution in [1.29, 1.82) is 0 Å². The van der Waals surface area contributed by atoms with Crippen LogP contribution in [0.1, 0.15) is 40.5 Å². The van der Waals surface area contributed by atoms with E-state index in [4.69, 9.17) is 0 Å². The van der Waals surface area contributed by atoms with Gasteiger partial charge in [-0.2, -0.15) is 0 Å². The molecule has 0 heterocycles. The van der Waals surface area contributed by atoms with Crippen molar-refractivity contribution in [3.05, 3.63) is 12.2 Å². The molecular formula is C9H18. The summed E-state index contributed by atoms with van der Waals surface area (Å²) in [4.78, 5) is 0. The molecule has 0 radical (unpaired) electrons. The normalized spacial score (nSPS) is 12.9. The monoisotopic (exact) mass is 126 g/mol. The number of allylic oxidation sites excluding steroid dienone is 2. The molecule has 0 fully saturated rings. The Kier molecular flexibility index (Phi) is 3.60. The fourth-order valence-electron chi connectivity index (χ4n) is 0.604. The highest BCUT2D eigenvalue weighted by Crippen LogP contribution is 2.14. The largest absolute Gasteiger partial charge is 0.0880 e. The fourth-order valence-corrected chi connectivity index (χ4v) is 0.604. The molecule has 0 aliphatic rings. The molecule has 0 aromatic heterocycles. The van der Waals surface area contributed by atoms with Gasteiger partial charge in [-0.05, 0) is 11.8 Å². The van der Waals surface area contributed by atoms with E-state index in [0.29, 0.717) is 5.41 Å². The summed E-state index contributed by atoms with van der Waals surface area (Å²) < 4.78 is 0. The highest BCUT2D eigenvalue weighted by atomic mass is 14.1. The van der Waals surface area contributed by atoms with E-state index in [-0.39, 0.29) is 0 Å². The molecule has 0 heteroatoms. The molecule has 0 aromatic carbocycles. The van der Waals surface area contributed by atoms with E-state index in [1.54, 1.807) is 0 Å². The van der Waals surface area contributed by atoms with Crippen LogP contribution >= 0.6 is 0 Å². The molecule has 0 N–H and O–H groups in total. The predicted molar refractivity (Wildman–Crippen MR) is 43.5 cm³/mol. The third kappa shape index (κ3) is 7.74. The number of hydrogen-bond donors (Lipinski definition) is 0. The molecule has 0 rings (SSSR count). The van der Waals surface area contributed by atoms with Crippen molar-refractivity contribution in [3.8, 4) is 0 Å². The van der Waals surface area contributed by atoms with Gasteiger partial charge in [0, 0.05) is 0 Å². The van der Waals surface area contributed by atoms with Crippen molar-refractivity contribution < 1.29 is 0 Å². The summed E-state index contributed by atoms with van der Waals surface area (Å²) in [5, 5.41) is 0. The lowest BCUT2D eigenvalue weighted by molar-refractivity contribution is 0.542. The Labute approximate surface area is 59.0 Å². The Bertz CT molecular complexity index is 82.7. The van der Waals surface area contributed by atoms with Gasteiger partial charge in [-0.3, -0.25) is 0 Å². The zero-order valence-electron chi connectivity index (χ0n) is 7.07. The second-order valence-electron chi connectivity index (χ2n) is 3.56. The van der Waals surface area contributed by atoms with Crippen LogP contribution in [0.25, 0.3) is 0 Å². The average Bonchev–Trinajstić information content (AvgIpc) is 1.63. The molecule has 0 saturated heterocycles. The van der Waals surface area contributed by atoms with Gasteiger partial charge in [-0.1, -0.05) is 46.3 Å². The van der Waals surface area contributed by atoms with Crippen LogP contribution in [-0.4, -0.2) is 0 Å². The SMILES string of the molecule is CCCC=CC(C)(C)C. The number of hydrogen-bond acceptors (Lipinski definition) is 0. The van der Waals surface area contributed by atoms with E-state index < -0.39 is 0 Å². The summed E-state index contributed by atoms with van der Waals surface area (Å²) in [6, 6.07) is 0. The minimum Gasteiger partial charge on any atom is -0.0880 e. The van der Waals surface area contributed by atoms with Crippen LogP contribution in [0.2, 0.25) is 0 Å². The van der Waals surface area contributed by atoms with Gasteiger partial charge in [0.25, 0.3) is 0 Å². The van der Waals surface area contributed by atoms with E-state index in [1.807, 2.05) is 0 Å². The first kappa shape index (κ1) is 8.74. The topological polar surface area (TPSA) is 0 Å². The van der Waals surface area contributed by atoms with Gasteiger partial charge in [0.05, 0.1) is 0 Å². The lowest BCUT2D eigenvalue weighted by atomic mass is 9.96. The molecule has 54 valence electrons. The molecule has 0 aliphatic carbocycles. The summed E-state index contributed by atoms with van der Waals surface area (Å²) in [7, 11) is 0. The Morgan fingerprint density at radius 2 is 1.78 bits per heavy atom. The minimum atomic E-state index is 0.370. The lowest BCUT2D eigenvalue weighted by Crippen LogP contribution is -1.97. The third-order valence-electron chi connectivity index (χ3n) is 1.07. The van der Waals surface area contributed by atoms with Crippen molar-refractivity contribution in [2.75, 3.05) is 0 Å². The molecule has 0 atom stereocenters. The highest BCUT2D eigenvalue weighted by molar-refractivity contribution is 4.91. The van der Waals surface area contributed by atoms with Gasteiger partial charge < -0.3 is 0 Å². The molecule has 0 aliphatic heterocycles. The lowest BCUT2D eigenvalue weighted by Gasteiger charge is -2.10. The van der Waals surface area contributed by atoms with Crippen LogP contribution < -0.4 is 0 Å². The third-order valence-corrected chi connectivity index (χ3v) is 1.07. The highest BCUT2D eigenvalue weighted by Gasteiger charge is 2.01. The van der Waals surface area contributed by atoms with E-state index in [2.05, 4.69) is 39.8 Å². The van der Waals surface area contributed by atoms with Crippen molar-refractivity contribution in [1.82, 2.24) is 0 Å². The minimum absolute atomic E-state index is 0.370. The van der Waals surface area contributed by atoms with E-state index in [1.165, 1.54) is 12.8 Å². The van der Waals surface area contributed by atoms with E-state index in [0.717, 1.165) is 0 Å². The van der Waals surface area contributed by atoms with E-state index in [9.17, 15) is 0 Å². The zero-order chi connectivity index (χ0) is 7.33. The molecule has 0 nitrogen and oxygen atoms in total. The van der Waals surface area contributed by atoms with Crippen LogP contribution in [0, 0.1) is 5.41 Å². The predicted octanol–water partition coefficient (Wildman–Crippen LogP) is 3.39. The standard InChI is InChI=1S/C9H18/c1-5-6-7-8-9(2,3)4/h7-8H,5-6H2,1-4H3. The van der Waals surface area contributed by atoms with Gasteiger partial charge >= 0.3 is 0 Å². The molecule has 0 aromatic rings. The first-order chi connectivity index (χ1) is 4.06. The van der Waals surface area contributed by atoms with Crippen molar-refractivity contribution in [2.24, 2.45) is 5.41 Å². The van der Waals surface area contributed by atoms with Gasteiger partial charge in [-0.25, -0.2) is 0 Å². The van der Waals surface area contributed by atoms with Crippen molar-refractivity contribution >= 4 is 0 Å². The average molecular weight is 126 g/mol. The second-order valence-corrected chi connectivity index (χ2v) is 3.56. The Balaban J connectivity index is 3.45. The summed E-state index contributed by atoms with van der Waals surface area (Å²) in [5.74, 6) is 0. The van der Waals surface area contributed by atoms with Gasteiger partial charge in [0.15, 0.2) is 0 Å². The van der Waals surface area contributed by atoms with E-state index >= 15 is 0 Å². The molecule has 0 saturated carbocycles. The Hall–Kier alpha value is -0.260. The molecule has 0 spiro atoms. The Morgan fingerprint density at radius 1 is 1.22 bits per heavy atom. The summed E-state index contributed by atoms with van der Waals surface area (Å²) in [6.07, 6.45) is 7.01. The zero-order valence-corrected chi connectivity index (χ0v) is 7.07. The molecule has 9 heavy (non-hydrogen) atoms. The fraction of sp³-hybridized carbons (Fsp3) is 0.778. The van der Waals surface area contributed by atoms with Crippen molar-refractivity contribution in [2.45, 2.75) is 40.5 Å². The van der Waals surface area contributed by atoms with Crippen LogP contribution in [0.5, 0.6) is 0 Å². The quantitative estimate of drug-likeness (QED) is 0.497. The molecule has 0 amide bonds. The maximum atomic E-state index is 2.27. The number of rotatable bonds is 2. The maximum Gasteiger partial charge on any atom is -0.0203 e. The summed E-state index contributed by atoms with van der Waals surface area (Å²) in [6.45, 7) is 8.87. The smallest absolute Gasteiger partial charge is 0.0203 e. The number of unbranched alkanes of at least 4 members (excludes halogenated alkanes) is 1. The first-order valence-electron chi connectivity index (χ1n) is 3.74. The first-order valence-corrected chi connectivity index (χ1v) is 3.74. The summed E-state index contributed by atoms with van der Waals surface area (Å²) in [5.41, 5.74) is 0.370. The molecular weight excluding hydrogens is 108 g/mol. The van der Waals surface area contributed by atoms with Crippen LogP contribution in [0.3, 0.4) is 0 Å². The second kappa shape index (κ2) is 3.71. The van der Waals surface area contributed by atoms with Crippen LogP contribution in [0.15, 0.2) is 12.2 Å². The van der Waals surface area contributed by atoms with Gasteiger partial charge in [0.1, 0.15) is 0 Å².